The molecule has 5 nitrogen and oxygen atoms in total. The van der Waals surface area contributed by atoms with Crippen LogP contribution < -0.4 is 4.90 Å². The predicted octanol–water partition coefficient (Wildman–Crippen LogP) is 3.60. The summed E-state index contributed by atoms with van der Waals surface area (Å²) in [5, 5.41) is 12.0. The van der Waals surface area contributed by atoms with Crippen LogP contribution in [0.5, 0.6) is 0 Å². The molecule has 1 aliphatic heterocycles. The number of para-hydroxylation sites is 2. The van der Waals surface area contributed by atoms with Gasteiger partial charge in [-0.1, -0.05) is 31.2 Å². The molecule has 1 aliphatic rings. The van der Waals surface area contributed by atoms with Crippen LogP contribution in [0.25, 0.3) is 0 Å². The summed E-state index contributed by atoms with van der Waals surface area (Å²) in [6.07, 6.45) is 0. The topological polar surface area (TPSA) is 60.4 Å². The van der Waals surface area contributed by atoms with Crippen molar-refractivity contribution in [1.29, 1.82) is 0 Å². The lowest BCUT2D eigenvalue weighted by molar-refractivity contribution is -0.843. The predicted molar refractivity (Wildman–Crippen MR) is 102 cm³/mol. The van der Waals surface area contributed by atoms with Gasteiger partial charge in [0.1, 0.15) is 0 Å². The minimum Gasteiger partial charge on any atom is -0.633 e. The highest BCUT2D eigenvalue weighted by Crippen LogP contribution is 2.44. The largest absolute Gasteiger partial charge is 0.633 e. The number of nitrogens with zero attached hydrogens (tertiary/aromatic N) is 2. The molecule has 7 heteroatoms. The van der Waals surface area contributed by atoms with Gasteiger partial charge in [0.25, 0.3) is 0 Å². The van der Waals surface area contributed by atoms with Crippen LogP contribution in [0.4, 0.5) is 11.4 Å². The van der Waals surface area contributed by atoms with E-state index < -0.39 is 9.84 Å². The Morgan fingerprint density at radius 2 is 1.44 bits per heavy atom. The van der Waals surface area contributed by atoms with Crippen molar-refractivity contribution < 1.29 is 13.1 Å². The van der Waals surface area contributed by atoms with E-state index in [2.05, 4.69) is 0 Å². The number of anilines is 2. The van der Waals surface area contributed by atoms with Crippen LogP contribution in [0, 0.1) is 11.1 Å². The lowest BCUT2D eigenvalue weighted by atomic mass is 10.1. The van der Waals surface area contributed by atoms with E-state index in [-0.39, 0.29) is 23.0 Å². The molecule has 0 saturated heterocycles. The molecule has 3 rings (SSSR count). The second-order valence-corrected chi connectivity index (χ2v) is 8.80. The Bertz CT molecular complexity index is 809. The van der Waals surface area contributed by atoms with Gasteiger partial charge in [0, 0.05) is 12.5 Å². The molecule has 0 aromatic heterocycles. The molecular formula is C18H23ClN2O3S. The molecule has 1 atom stereocenters. The number of rotatable bonds is 4. The molecule has 2 aromatic carbocycles. The van der Waals surface area contributed by atoms with Crippen molar-refractivity contribution in [3.8, 4) is 0 Å². The van der Waals surface area contributed by atoms with Gasteiger partial charge in [-0.15, -0.1) is 12.4 Å². The highest BCUT2D eigenvalue weighted by molar-refractivity contribution is 7.92. The Morgan fingerprint density at radius 1 is 1.00 bits per heavy atom. The molecule has 2 aromatic rings. The third-order valence-electron chi connectivity index (χ3n) is 4.14. The van der Waals surface area contributed by atoms with E-state index in [0.29, 0.717) is 34.3 Å². The average Bonchev–Trinajstić information content (AvgIpc) is 2.50. The maximum absolute atomic E-state index is 12.9. The first kappa shape index (κ1) is 19.7. The number of hydrogen-bond acceptors (Lipinski definition) is 4. The third-order valence-corrected chi connectivity index (χ3v) is 5.99. The molecule has 0 bridgehead atoms. The van der Waals surface area contributed by atoms with Crippen LogP contribution in [0.15, 0.2) is 58.3 Å². The van der Waals surface area contributed by atoms with Gasteiger partial charge in [0.15, 0.2) is 0 Å². The van der Waals surface area contributed by atoms with E-state index >= 15 is 0 Å². The summed E-state index contributed by atoms with van der Waals surface area (Å²) in [6.45, 7) is 3.08. The normalized spacial score (nSPS) is 16.4. The van der Waals surface area contributed by atoms with E-state index in [4.69, 9.17) is 0 Å². The number of halogens is 1. The number of sulfone groups is 1. The summed E-state index contributed by atoms with van der Waals surface area (Å²) >= 11 is 0. The number of benzene rings is 2. The number of quaternary nitrogens is 1. The molecule has 0 amide bonds. The van der Waals surface area contributed by atoms with E-state index in [0.717, 1.165) is 0 Å². The summed E-state index contributed by atoms with van der Waals surface area (Å²) in [5.41, 5.74) is 1.36. The molecule has 0 fully saturated rings. The lowest BCUT2D eigenvalue weighted by Crippen LogP contribution is -2.40. The Labute approximate surface area is 155 Å². The van der Waals surface area contributed by atoms with Gasteiger partial charge < -0.3 is 14.8 Å². The van der Waals surface area contributed by atoms with Crippen molar-refractivity contribution in [2.24, 2.45) is 5.92 Å². The second kappa shape index (κ2) is 6.96. The molecule has 1 unspecified atom stereocenters. The van der Waals surface area contributed by atoms with Crippen molar-refractivity contribution in [1.82, 2.24) is 0 Å². The number of hydrogen-bond donors (Lipinski definition) is 0. The van der Waals surface area contributed by atoms with Gasteiger partial charge in [0.05, 0.1) is 41.8 Å². The zero-order valence-corrected chi connectivity index (χ0v) is 16.2. The highest BCUT2D eigenvalue weighted by atomic mass is 35.5. The monoisotopic (exact) mass is 382 g/mol. The highest BCUT2D eigenvalue weighted by Gasteiger charge is 2.34. The van der Waals surface area contributed by atoms with Crippen molar-refractivity contribution in [3.05, 3.63) is 53.7 Å². The van der Waals surface area contributed by atoms with E-state index in [1.165, 1.54) is 0 Å². The number of fused-ring (bicyclic) bond motifs is 2. The minimum atomic E-state index is -3.51. The van der Waals surface area contributed by atoms with E-state index in [1.807, 2.05) is 36.1 Å². The van der Waals surface area contributed by atoms with Crippen molar-refractivity contribution in [3.63, 3.8) is 0 Å². The maximum atomic E-state index is 12.9. The van der Waals surface area contributed by atoms with Crippen LogP contribution in [0.3, 0.4) is 0 Å². The van der Waals surface area contributed by atoms with E-state index in [1.54, 1.807) is 38.4 Å². The molecule has 0 aliphatic carbocycles. The summed E-state index contributed by atoms with van der Waals surface area (Å²) in [6, 6.07) is 14.1. The van der Waals surface area contributed by atoms with Gasteiger partial charge in [-0.3, -0.25) is 0 Å². The van der Waals surface area contributed by atoms with E-state index in [9.17, 15) is 13.6 Å². The third kappa shape index (κ3) is 3.82. The molecule has 136 valence electrons. The fourth-order valence-electron chi connectivity index (χ4n) is 3.38. The lowest BCUT2D eigenvalue weighted by Gasteiger charge is -2.39. The molecule has 1 heterocycles. The van der Waals surface area contributed by atoms with Crippen LogP contribution in [-0.4, -0.2) is 40.2 Å². The van der Waals surface area contributed by atoms with Crippen molar-refractivity contribution in [2.45, 2.75) is 16.7 Å². The summed E-state index contributed by atoms with van der Waals surface area (Å²) < 4.78 is 25.4. The summed E-state index contributed by atoms with van der Waals surface area (Å²) in [7, 11) is -0.264. The molecule has 0 N–H and O–H groups in total. The van der Waals surface area contributed by atoms with Crippen LogP contribution >= 0.6 is 12.4 Å². The zero-order valence-electron chi connectivity index (χ0n) is 14.5. The molecule has 25 heavy (non-hydrogen) atoms. The SMILES string of the molecule is CC(CN1c2ccccc2S(=O)(=O)c2ccccc21)C[N+](C)(C)[O-].Cl. The number of hydroxylamine groups is 3. The fourth-order valence-corrected chi connectivity index (χ4v) is 5.04. The van der Waals surface area contributed by atoms with Gasteiger partial charge in [-0.25, -0.2) is 8.42 Å². The van der Waals surface area contributed by atoms with Crippen molar-refractivity contribution >= 4 is 33.6 Å². The Morgan fingerprint density at radius 3 is 1.88 bits per heavy atom. The standard InChI is InChI=1S/C18H22N2O3S.ClH/c1-14(13-20(2,3)21)12-19-15-8-4-6-10-17(15)24(22,23)18-11-7-5-9-16(18)19;/h4-11,14H,12-13H2,1-3H3;1H. The Hall–Kier alpha value is -1.60. The van der Waals surface area contributed by atoms with Crippen LogP contribution in [0.2, 0.25) is 0 Å². The quantitative estimate of drug-likeness (QED) is 0.598. The van der Waals surface area contributed by atoms with Gasteiger partial charge >= 0.3 is 0 Å². The first-order valence-corrected chi connectivity index (χ1v) is 9.43. The van der Waals surface area contributed by atoms with Gasteiger partial charge in [0.2, 0.25) is 9.84 Å². The minimum absolute atomic E-state index is 0. The van der Waals surface area contributed by atoms with Crippen LogP contribution in [0.1, 0.15) is 6.92 Å². The first-order chi connectivity index (χ1) is 11.2. The van der Waals surface area contributed by atoms with Crippen LogP contribution in [-0.2, 0) is 9.84 Å². The fraction of sp³-hybridized carbons (Fsp3) is 0.333. The molecule has 0 radical (unpaired) electrons. The summed E-state index contributed by atoms with van der Waals surface area (Å²) in [5.74, 6) is 0.111. The maximum Gasteiger partial charge on any atom is 0.210 e. The second-order valence-electron chi connectivity index (χ2n) is 6.91. The van der Waals surface area contributed by atoms with Crippen molar-refractivity contribution in [2.75, 3.05) is 32.1 Å². The zero-order chi connectivity index (χ0) is 17.5. The summed E-state index contributed by atoms with van der Waals surface area (Å²) in [4.78, 5) is 2.67. The molecule has 0 saturated carbocycles. The molecular weight excluding hydrogens is 360 g/mol. The first-order valence-electron chi connectivity index (χ1n) is 7.95. The average molecular weight is 383 g/mol. The van der Waals surface area contributed by atoms with Gasteiger partial charge in [-0.05, 0) is 24.3 Å². The Kier molecular flexibility index (Phi) is 5.49. The molecule has 0 spiro atoms. The van der Waals surface area contributed by atoms with Gasteiger partial charge in [-0.2, -0.15) is 0 Å². The Balaban J connectivity index is 0.00000225. The smallest absolute Gasteiger partial charge is 0.210 e.